The average molecular weight is 384 g/mol. The number of benzene rings is 1. The van der Waals surface area contributed by atoms with Crippen LogP contribution in [0.25, 0.3) is 0 Å². The molecule has 0 aliphatic carbocycles. The van der Waals surface area contributed by atoms with Gasteiger partial charge in [-0.2, -0.15) is 5.10 Å². The lowest BCUT2D eigenvalue weighted by molar-refractivity contribution is -0.121. The summed E-state index contributed by atoms with van der Waals surface area (Å²) in [5.74, 6) is -1.31. The van der Waals surface area contributed by atoms with Crippen molar-refractivity contribution in [3.63, 3.8) is 0 Å². The molecule has 1 amide bonds. The number of carbonyl (C=O) groups is 1. The summed E-state index contributed by atoms with van der Waals surface area (Å²) in [4.78, 5) is 11.3. The number of carbonyl (C=O) groups excluding carboxylic acids is 1. The maximum absolute atomic E-state index is 14.2. The molecule has 1 atom stereocenters. The zero-order chi connectivity index (χ0) is 17.2. The van der Waals surface area contributed by atoms with Crippen LogP contribution in [0, 0.1) is 11.7 Å². The first-order valence-electron chi connectivity index (χ1n) is 6.71. The summed E-state index contributed by atoms with van der Waals surface area (Å²) in [5, 5.41) is 12.9. The Bertz CT molecular complexity index is 629. The molecule has 0 radical (unpaired) electrons. The number of nitrogens with zero attached hydrogens (tertiary/aromatic N) is 1. The van der Waals surface area contributed by atoms with Gasteiger partial charge in [0.05, 0.1) is 17.3 Å². The number of ether oxygens (including phenoxy) is 1. The van der Waals surface area contributed by atoms with Crippen LogP contribution in [-0.4, -0.2) is 34.3 Å². The standard InChI is InChI=1S/C14H14Cl3FN2O3/c1-7-2-11(22)19-20-12(7)8-3-9(15)13(10(18)4-8)23-6-14(16,17)5-21/h3-4,7,21H,2,5-6H2,1H3,(H,19,22). The van der Waals surface area contributed by atoms with Gasteiger partial charge in [0.15, 0.2) is 15.9 Å². The summed E-state index contributed by atoms with van der Waals surface area (Å²) in [6.45, 7) is 0.918. The van der Waals surface area contributed by atoms with Crippen LogP contribution in [-0.2, 0) is 4.79 Å². The molecule has 9 heteroatoms. The smallest absolute Gasteiger partial charge is 0.240 e. The quantitative estimate of drug-likeness (QED) is 0.768. The van der Waals surface area contributed by atoms with Crippen LogP contribution in [0.1, 0.15) is 18.9 Å². The van der Waals surface area contributed by atoms with Gasteiger partial charge in [0.1, 0.15) is 6.61 Å². The Morgan fingerprint density at radius 1 is 1.52 bits per heavy atom. The van der Waals surface area contributed by atoms with E-state index in [9.17, 15) is 9.18 Å². The van der Waals surface area contributed by atoms with Crippen LogP contribution in [0.5, 0.6) is 5.75 Å². The monoisotopic (exact) mass is 382 g/mol. The summed E-state index contributed by atoms with van der Waals surface area (Å²) in [5.41, 5.74) is 3.32. The molecule has 23 heavy (non-hydrogen) atoms. The number of hydrogen-bond donors (Lipinski definition) is 2. The first-order chi connectivity index (χ1) is 10.7. The fourth-order valence-corrected chi connectivity index (χ4v) is 2.44. The Morgan fingerprint density at radius 2 is 2.22 bits per heavy atom. The number of hydrazone groups is 1. The van der Waals surface area contributed by atoms with Crippen molar-refractivity contribution in [2.45, 2.75) is 17.7 Å². The summed E-state index contributed by atoms with van der Waals surface area (Å²) >= 11 is 17.5. The van der Waals surface area contributed by atoms with Crippen molar-refractivity contribution >= 4 is 46.4 Å². The molecule has 1 unspecified atom stereocenters. The Morgan fingerprint density at radius 3 is 2.78 bits per heavy atom. The van der Waals surface area contributed by atoms with E-state index in [4.69, 9.17) is 44.6 Å². The van der Waals surface area contributed by atoms with E-state index in [1.54, 1.807) is 0 Å². The fraction of sp³-hybridized carbons (Fsp3) is 0.429. The first kappa shape index (κ1) is 18.3. The minimum Gasteiger partial charge on any atom is -0.486 e. The molecular formula is C14H14Cl3FN2O3. The second kappa shape index (κ2) is 7.21. The highest BCUT2D eigenvalue weighted by Gasteiger charge is 2.27. The van der Waals surface area contributed by atoms with Gasteiger partial charge >= 0.3 is 0 Å². The van der Waals surface area contributed by atoms with E-state index < -0.39 is 16.8 Å². The maximum Gasteiger partial charge on any atom is 0.240 e. The topological polar surface area (TPSA) is 70.9 Å². The highest BCUT2D eigenvalue weighted by Crippen LogP contribution is 2.32. The third kappa shape index (κ3) is 4.47. The lowest BCUT2D eigenvalue weighted by Gasteiger charge is -2.21. The number of aliphatic hydroxyl groups is 1. The molecule has 0 spiro atoms. The highest BCUT2D eigenvalue weighted by atomic mass is 35.5. The second-order valence-corrected chi connectivity index (χ2v) is 7.26. The molecule has 1 heterocycles. The molecule has 0 saturated heterocycles. The number of rotatable bonds is 5. The zero-order valence-electron chi connectivity index (χ0n) is 12.1. The molecule has 2 N–H and O–H groups in total. The van der Waals surface area contributed by atoms with E-state index in [0.717, 1.165) is 0 Å². The molecule has 1 aromatic rings. The van der Waals surface area contributed by atoms with E-state index in [2.05, 4.69) is 10.5 Å². The van der Waals surface area contributed by atoms with Crippen LogP contribution in [0.4, 0.5) is 4.39 Å². The number of aliphatic hydroxyl groups excluding tert-OH is 1. The van der Waals surface area contributed by atoms with Gasteiger partial charge in [-0.05, 0) is 12.1 Å². The van der Waals surface area contributed by atoms with E-state index in [-0.39, 0.29) is 35.6 Å². The van der Waals surface area contributed by atoms with Gasteiger partial charge in [0.25, 0.3) is 0 Å². The van der Waals surface area contributed by atoms with Crippen LogP contribution < -0.4 is 10.2 Å². The first-order valence-corrected chi connectivity index (χ1v) is 7.84. The third-order valence-electron chi connectivity index (χ3n) is 3.21. The molecule has 0 fully saturated rings. The van der Waals surface area contributed by atoms with Gasteiger partial charge < -0.3 is 9.84 Å². The van der Waals surface area contributed by atoms with Crippen molar-refractivity contribution < 1.29 is 19.0 Å². The molecule has 0 aromatic heterocycles. The van der Waals surface area contributed by atoms with Crippen molar-refractivity contribution in [1.29, 1.82) is 0 Å². The molecular weight excluding hydrogens is 370 g/mol. The van der Waals surface area contributed by atoms with Crippen LogP contribution in [0.15, 0.2) is 17.2 Å². The van der Waals surface area contributed by atoms with Gasteiger partial charge in [-0.1, -0.05) is 41.7 Å². The van der Waals surface area contributed by atoms with Crippen molar-refractivity contribution in [3.05, 3.63) is 28.5 Å². The number of amides is 1. The van der Waals surface area contributed by atoms with Gasteiger partial charge in [-0.15, -0.1) is 0 Å². The van der Waals surface area contributed by atoms with Gasteiger partial charge in [-0.25, -0.2) is 9.82 Å². The number of halogens is 4. The third-order valence-corrected chi connectivity index (χ3v) is 3.95. The van der Waals surface area contributed by atoms with Crippen molar-refractivity contribution in [1.82, 2.24) is 5.43 Å². The zero-order valence-corrected chi connectivity index (χ0v) is 14.3. The average Bonchev–Trinajstić information content (AvgIpc) is 2.46. The maximum atomic E-state index is 14.2. The molecule has 1 aliphatic heterocycles. The van der Waals surface area contributed by atoms with Gasteiger partial charge in [0.2, 0.25) is 5.91 Å². The summed E-state index contributed by atoms with van der Waals surface area (Å²) < 4.78 is 17.9. The SMILES string of the molecule is CC1CC(=O)NN=C1c1cc(F)c(OCC(Cl)(Cl)CO)c(Cl)c1. The van der Waals surface area contributed by atoms with Crippen molar-refractivity contribution in [3.8, 4) is 5.75 Å². The predicted octanol–water partition coefficient (Wildman–Crippen LogP) is 2.88. The molecule has 1 aromatic carbocycles. The summed E-state index contributed by atoms with van der Waals surface area (Å²) in [6, 6.07) is 2.69. The summed E-state index contributed by atoms with van der Waals surface area (Å²) in [7, 11) is 0. The highest BCUT2D eigenvalue weighted by molar-refractivity contribution is 6.48. The molecule has 0 saturated carbocycles. The summed E-state index contributed by atoms with van der Waals surface area (Å²) in [6.07, 6.45) is 0.258. The number of nitrogens with one attached hydrogen (secondary N) is 1. The minimum absolute atomic E-state index is 0.00822. The number of alkyl halides is 2. The van der Waals surface area contributed by atoms with Crippen molar-refractivity contribution in [2.24, 2.45) is 11.0 Å². The molecule has 5 nitrogen and oxygen atoms in total. The van der Waals surface area contributed by atoms with Crippen LogP contribution in [0.3, 0.4) is 0 Å². The molecule has 126 valence electrons. The van der Waals surface area contributed by atoms with Crippen molar-refractivity contribution in [2.75, 3.05) is 13.2 Å². The largest absolute Gasteiger partial charge is 0.486 e. The fourth-order valence-electron chi connectivity index (χ4n) is 2.07. The molecule has 1 aliphatic rings. The predicted molar refractivity (Wildman–Crippen MR) is 86.9 cm³/mol. The van der Waals surface area contributed by atoms with E-state index >= 15 is 0 Å². The molecule has 2 rings (SSSR count). The van der Waals surface area contributed by atoms with Crippen LogP contribution >= 0.6 is 34.8 Å². The van der Waals surface area contributed by atoms with Gasteiger partial charge in [0, 0.05) is 17.9 Å². The second-order valence-electron chi connectivity index (χ2n) is 5.21. The molecule has 0 bridgehead atoms. The van der Waals surface area contributed by atoms with E-state index in [0.29, 0.717) is 11.3 Å². The van der Waals surface area contributed by atoms with Crippen LogP contribution in [0.2, 0.25) is 5.02 Å². The Hall–Kier alpha value is -1.08. The van der Waals surface area contributed by atoms with Gasteiger partial charge in [-0.3, -0.25) is 4.79 Å². The minimum atomic E-state index is -1.55. The normalized spacial score (nSPS) is 18.4. The Kier molecular flexibility index (Phi) is 5.73. The van der Waals surface area contributed by atoms with E-state index in [1.807, 2.05) is 6.92 Å². The Labute approximate surface area is 147 Å². The Balaban J connectivity index is 2.25. The lowest BCUT2D eigenvalue weighted by atomic mass is 9.94. The number of hydrogen-bond acceptors (Lipinski definition) is 4. The van der Waals surface area contributed by atoms with E-state index in [1.165, 1.54) is 12.1 Å². The lowest BCUT2D eigenvalue weighted by Crippen LogP contribution is -2.32.